The van der Waals surface area contributed by atoms with E-state index in [4.69, 9.17) is 37.0 Å². The van der Waals surface area contributed by atoms with Gasteiger partial charge in [0.05, 0.1) is 26.4 Å². The lowest BCUT2D eigenvalue weighted by Crippen LogP contribution is -2.30. The number of unbranched alkanes of at least 4 members (excludes halogenated alkanes) is 44. The van der Waals surface area contributed by atoms with E-state index in [2.05, 4.69) is 55.4 Å². The highest BCUT2D eigenvalue weighted by Crippen LogP contribution is 2.45. The monoisotopic (exact) mass is 1480 g/mol. The molecular weight excluding hydrogens is 1320 g/mol. The molecule has 0 radical (unpaired) electrons. The van der Waals surface area contributed by atoms with E-state index in [0.717, 1.165) is 114 Å². The number of rotatable bonds is 79. The first-order valence-electron chi connectivity index (χ1n) is 42.2. The van der Waals surface area contributed by atoms with Crippen molar-refractivity contribution in [2.75, 3.05) is 39.6 Å². The zero-order valence-corrected chi connectivity index (χ0v) is 68.3. The molecule has 19 heteroatoms. The maximum Gasteiger partial charge on any atom is 0.472 e. The molecule has 0 aromatic heterocycles. The minimum atomic E-state index is -4.96. The Hall–Kier alpha value is -1.94. The van der Waals surface area contributed by atoms with Crippen molar-refractivity contribution in [2.45, 2.75) is 440 Å². The zero-order valence-electron chi connectivity index (χ0n) is 66.5. The lowest BCUT2D eigenvalue weighted by molar-refractivity contribution is -0.161. The van der Waals surface area contributed by atoms with Gasteiger partial charge in [-0.1, -0.05) is 370 Å². The number of carbonyl (C=O) groups excluding carboxylic acids is 4. The Morgan fingerprint density at radius 3 is 0.703 bits per heavy atom. The fraction of sp³-hybridized carbons (Fsp3) is 0.951. The summed E-state index contributed by atoms with van der Waals surface area (Å²) in [5, 5.41) is 10.6. The minimum absolute atomic E-state index is 0.106. The van der Waals surface area contributed by atoms with Crippen LogP contribution in [0.2, 0.25) is 0 Å². The van der Waals surface area contributed by atoms with Gasteiger partial charge in [-0.05, 0) is 49.4 Å². The van der Waals surface area contributed by atoms with E-state index in [9.17, 15) is 43.2 Å². The molecule has 101 heavy (non-hydrogen) atoms. The molecule has 0 bridgehead atoms. The second-order valence-corrected chi connectivity index (χ2v) is 34.1. The van der Waals surface area contributed by atoms with Crippen LogP contribution in [0.4, 0.5) is 0 Å². The molecule has 0 aliphatic carbocycles. The largest absolute Gasteiger partial charge is 0.472 e. The van der Waals surface area contributed by atoms with Crippen molar-refractivity contribution in [3.8, 4) is 0 Å². The van der Waals surface area contributed by atoms with Crippen molar-refractivity contribution in [3.05, 3.63) is 0 Å². The third-order valence-corrected chi connectivity index (χ3v) is 21.3. The van der Waals surface area contributed by atoms with Crippen LogP contribution in [0.1, 0.15) is 421 Å². The lowest BCUT2D eigenvalue weighted by atomic mass is 9.99. The fourth-order valence-corrected chi connectivity index (χ4v) is 14.2. The molecule has 0 aliphatic heterocycles. The Morgan fingerprint density at radius 1 is 0.277 bits per heavy atom. The summed E-state index contributed by atoms with van der Waals surface area (Å²) in [6, 6.07) is 0. The van der Waals surface area contributed by atoms with Gasteiger partial charge in [0.25, 0.3) is 0 Å². The molecule has 17 nitrogen and oxygen atoms in total. The van der Waals surface area contributed by atoms with Gasteiger partial charge in [-0.25, -0.2) is 9.13 Å². The van der Waals surface area contributed by atoms with Crippen LogP contribution in [0, 0.1) is 23.7 Å². The number of hydrogen-bond donors (Lipinski definition) is 3. The normalized spacial score (nSPS) is 14.3. The van der Waals surface area contributed by atoms with Crippen LogP contribution in [-0.2, 0) is 65.4 Å². The molecule has 0 aromatic carbocycles. The van der Waals surface area contributed by atoms with Gasteiger partial charge in [0.15, 0.2) is 12.2 Å². The maximum atomic E-state index is 13.1. The smallest absolute Gasteiger partial charge is 0.462 e. The third kappa shape index (κ3) is 74.7. The van der Waals surface area contributed by atoms with Crippen molar-refractivity contribution in [3.63, 3.8) is 0 Å². The fourth-order valence-electron chi connectivity index (χ4n) is 12.6. The number of aliphatic hydroxyl groups is 1. The highest BCUT2D eigenvalue weighted by Gasteiger charge is 2.30. The summed E-state index contributed by atoms with van der Waals surface area (Å²) in [4.78, 5) is 73.0. The number of esters is 4. The highest BCUT2D eigenvalue weighted by atomic mass is 31.2. The summed E-state index contributed by atoms with van der Waals surface area (Å²) < 4.78 is 68.7. The van der Waals surface area contributed by atoms with E-state index in [-0.39, 0.29) is 25.7 Å². The quantitative estimate of drug-likeness (QED) is 0.0222. The average molecular weight is 1480 g/mol. The van der Waals surface area contributed by atoms with E-state index >= 15 is 0 Å². The number of phosphoric acid groups is 2. The zero-order chi connectivity index (χ0) is 74.6. The van der Waals surface area contributed by atoms with Crippen LogP contribution in [0.25, 0.3) is 0 Å². The number of hydrogen-bond acceptors (Lipinski definition) is 15. The minimum Gasteiger partial charge on any atom is -0.462 e. The molecule has 3 unspecified atom stereocenters. The van der Waals surface area contributed by atoms with Crippen LogP contribution in [-0.4, -0.2) is 96.7 Å². The van der Waals surface area contributed by atoms with Crippen molar-refractivity contribution < 1.29 is 80.2 Å². The second kappa shape index (κ2) is 71.0. The Bertz CT molecular complexity index is 1970. The average Bonchev–Trinajstić information content (AvgIpc) is 0.977. The molecule has 0 heterocycles. The van der Waals surface area contributed by atoms with Crippen LogP contribution in [0.15, 0.2) is 0 Å². The Kier molecular flexibility index (Phi) is 69.6. The number of ether oxygens (including phenoxy) is 4. The third-order valence-electron chi connectivity index (χ3n) is 19.4. The van der Waals surface area contributed by atoms with Gasteiger partial charge in [0.2, 0.25) is 0 Å². The highest BCUT2D eigenvalue weighted by molar-refractivity contribution is 7.47. The molecule has 0 saturated heterocycles. The van der Waals surface area contributed by atoms with Gasteiger partial charge < -0.3 is 33.8 Å². The number of phosphoric ester groups is 2. The van der Waals surface area contributed by atoms with Crippen molar-refractivity contribution in [1.82, 2.24) is 0 Å². The van der Waals surface area contributed by atoms with Gasteiger partial charge in [-0.2, -0.15) is 0 Å². The van der Waals surface area contributed by atoms with Gasteiger partial charge in [-0.3, -0.25) is 37.3 Å². The molecule has 0 aliphatic rings. The van der Waals surface area contributed by atoms with Crippen molar-refractivity contribution in [2.24, 2.45) is 23.7 Å². The lowest BCUT2D eigenvalue weighted by Gasteiger charge is -2.21. The number of carbonyl (C=O) groups is 4. The molecule has 600 valence electrons. The standard InChI is InChI=1S/C82H160O17P2/c1-9-75(8)61-53-45-36-30-23-19-14-12-10-11-13-15-20-24-32-38-48-56-64-81(86)98-77(68-92-79(84)62-54-46-37-31-27-26-29-35-43-51-59-73(4)5)70-96-100(88,89)94-66-76(83)67-95-101(90,91)97-71-78(69-93-80(85)63-55-47-41-40-44-52-60-74(6)7)99-82(87)65-57-49-39-33-25-21-17-16-18-22-28-34-42-50-58-72(2)3/h72-78,83H,9-71H2,1-8H3,(H,88,89)(H,90,91)/t75?,76-,77-,78-/m1/s1. The van der Waals surface area contributed by atoms with Crippen molar-refractivity contribution >= 4 is 39.5 Å². The Labute approximate surface area is 619 Å². The molecule has 0 saturated carbocycles. The molecule has 0 rings (SSSR count). The molecule has 3 N–H and O–H groups in total. The summed E-state index contributed by atoms with van der Waals surface area (Å²) in [5.74, 6) is 0.988. The molecule has 0 spiro atoms. The molecule has 6 atom stereocenters. The van der Waals surface area contributed by atoms with E-state index in [1.807, 2.05) is 0 Å². The van der Waals surface area contributed by atoms with Crippen molar-refractivity contribution in [1.29, 1.82) is 0 Å². The summed E-state index contributed by atoms with van der Waals surface area (Å²) >= 11 is 0. The molecular formula is C82H160O17P2. The second-order valence-electron chi connectivity index (χ2n) is 31.2. The first kappa shape index (κ1) is 99.1. The van der Waals surface area contributed by atoms with Crippen LogP contribution in [0.3, 0.4) is 0 Å². The summed E-state index contributed by atoms with van der Waals surface area (Å²) in [6.07, 6.45) is 58.5. The first-order valence-corrected chi connectivity index (χ1v) is 45.2. The molecule has 0 fully saturated rings. The van der Waals surface area contributed by atoms with Gasteiger partial charge in [-0.15, -0.1) is 0 Å². The van der Waals surface area contributed by atoms with E-state index in [0.29, 0.717) is 31.6 Å². The summed E-state index contributed by atoms with van der Waals surface area (Å²) in [7, 11) is -9.92. The SMILES string of the molecule is CCC(C)CCCCCCCCCCCCCCCCCCCCC(=O)O[C@H](COC(=O)CCCCCCCCCCCCC(C)C)COP(=O)(O)OC[C@@H](O)COP(=O)(O)OC[C@@H](COC(=O)CCCCCCCCC(C)C)OC(=O)CCCCCCCCCCCCCCCCC(C)C. The Balaban J connectivity index is 5.19. The Morgan fingerprint density at radius 2 is 0.475 bits per heavy atom. The number of aliphatic hydroxyl groups excluding tert-OH is 1. The topological polar surface area (TPSA) is 237 Å². The van der Waals surface area contributed by atoms with Gasteiger partial charge in [0.1, 0.15) is 19.3 Å². The summed E-state index contributed by atoms with van der Waals surface area (Å²) in [6.45, 7) is 14.2. The summed E-state index contributed by atoms with van der Waals surface area (Å²) in [5.41, 5.74) is 0. The van der Waals surface area contributed by atoms with E-state index in [1.165, 1.54) is 218 Å². The van der Waals surface area contributed by atoms with E-state index < -0.39 is 97.5 Å². The van der Waals surface area contributed by atoms with Crippen LogP contribution < -0.4 is 0 Å². The van der Waals surface area contributed by atoms with Crippen LogP contribution >= 0.6 is 15.6 Å². The molecule has 0 amide bonds. The predicted molar refractivity (Wildman–Crippen MR) is 414 cm³/mol. The van der Waals surface area contributed by atoms with Crippen LogP contribution in [0.5, 0.6) is 0 Å². The van der Waals surface area contributed by atoms with E-state index in [1.54, 1.807) is 0 Å². The first-order chi connectivity index (χ1) is 48.6. The van der Waals surface area contributed by atoms with Gasteiger partial charge in [0, 0.05) is 25.7 Å². The molecule has 0 aromatic rings. The maximum absolute atomic E-state index is 13.1. The predicted octanol–water partition coefficient (Wildman–Crippen LogP) is 24.4. The van der Waals surface area contributed by atoms with Gasteiger partial charge >= 0.3 is 39.5 Å².